The molecule has 0 amide bonds. The van der Waals surface area contributed by atoms with Gasteiger partial charge in [0, 0.05) is 11.8 Å². The Morgan fingerprint density at radius 2 is 1.94 bits per heavy atom. The van der Waals surface area contributed by atoms with Crippen molar-refractivity contribution in [2.75, 3.05) is 5.43 Å². The molecule has 4 nitrogen and oxygen atoms in total. The molecule has 1 heterocycles. The van der Waals surface area contributed by atoms with Gasteiger partial charge in [0.1, 0.15) is 0 Å². The lowest BCUT2D eigenvalue weighted by Crippen LogP contribution is -2.10. The molecule has 0 saturated heterocycles. The maximum absolute atomic E-state index is 5.92. The number of rotatable bonds is 2. The molecule has 1 aromatic carbocycles. The summed E-state index contributed by atoms with van der Waals surface area (Å²) >= 11 is 11.8. The first-order valence-corrected chi connectivity index (χ1v) is 5.21. The van der Waals surface area contributed by atoms with Crippen molar-refractivity contribution in [3.8, 4) is 11.3 Å². The smallest absolute Gasteiger partial charge is 0.237 e. The number of benzene rings is 1. The molecule has 0 bridgehead atoms. The Hall–Kier alpha value is -1.36. The molecule has 1 aromatic heterocycles. The first-order chi connectivity index (χ1) is 7.70. The van der Waals surface area contributed by atoms with Crippen molar-refractivity contribution in [3.63, 3.8) is 0 Å². The van der Waals surface area contributed by atoms with Gasteiger partial charge in [-0.2, -0.15) is 0 Å². The van der Waals surface area contributed by atoms with Crippen LogP contribution in [0.1, 0.15) is 0 Å². The van der Waals surface area contributed by atoms with Gasteiger partial charge in [-0.05, 0) is 18.2 Å². The third kappa shape index (κ3) is 2.24. The lowest BCUT2D eigenvalue weighted by atomic mass is 10.1. The number of halogens is 2. The number of nitrogens with two attached hydrogens (primary N) is 1. The number of nitrogens with zero attached hydrogens (tertiary/aromatic N) is 2. The number of anilines is 1. The molecule has 0 aliphatic carbocycles. The third-order valence-corrected chi connectivity index (χ3v) is 2.74. The Kier molecular flexibility index (Phi) is 3.24. The number of nitrogen functional groups attached to an aromatic ring is 1. The first kappa shape index (κ1) is 11.1. The zero-order valence-corrected chi connectivity index (χ0v) is 9.63. The van der Waals surface area contributed by atoms with Crippen LogP contribution in [0.5, 0.6) is 0 Å². The zero-order valence-electron chi connectivity index (χ0n) is 8.11. The molecular formula is C10H8Cl2N4. The van der Waals surface area contributed by atoms with Crippen LogP contribution in [0.25, 0.3) is 11.3 Å². The number of aromatic nitrogens is 2. The third-order valence-electron chi connectivity index (χ3n) is 2.00. The van der Waals surface area contributed by atoms with E-state index in [1.807, 2.05) is 6.07 Å². The molecule has 0 aliphatic rings. The molecule has 6 heteroatoms. The van der Waals surface area contributed by atoms with Crippen LogP contribution in [0.15, 0.2) is 30.5 Å². The Labute approximate surface area is 102 Å². The quantitative estimate of drug-likeness (QED) is 0.639. The van der Waals surface area contributed by atoms with Crippen molar-refractivity contribution in [3.05, 3.63) is 40.5 Å². The predicted octanol–water partition coefficient (Wildman–Crippen LogP) is 2.74. The summed E-state index contributed by atoms with van der Waals surface area (Å²) in [5.41, 5.74) is 3.96. The zero-order chi connectivity index (χ0) is 11.5. The highest BCUT2D eigenvalue weighted by atomic mass is 35.5. The van der Waals surface area contributed by atoms with Crippen LogP contribution in [0, 0.1) is 0 Å². The average molecular weight is 255 g/mol. The number of hydrogen-bond donors (Lipinski definition) is 2. The summed E-state index contributed by atoms with van der Waals surface area (Å²) < 4.78 is 0. The molecule has 0 radical (unpaired) electrons. The fourth-order valence-electron chi connectivity index (χ4n) is 1.24. The topological polar surface area (TPSA) is 63.8 Å². The minimum absolute atomic E-state index is 0.351. The molecule has 0 aliphatic heterocycles. The second kappa shape index (κ2) is 4.65. The Balaban J connectivity index is 2.46. The lowest BCUT2D eigenvalue weighted by molar-refractivity contribution is 1.12. The number of nitrogens with one attached hydrogen (secondary N) is 1. The lowest BCUT2D eigenvalue weighted by Gasteiger charge is -2.04. The summed E-state index contributed by atoms with van der Waals surface area (Å²) in [6.45, 7) is 0. The number of hydrazine groups is 1. The van der Waals surface area contributed by atoms with E-state index < -0.39 is 0 Å². The van der Waals surface area contributed by atoms with E-state index in [1.165, 1.54) is 0 Å². The van der Waals surface area contributed by atoms with Gasteiger partial charge in [0.25, 0.3) is 0 Å². The monoisotopic (exact) mass is 254 g/mol. The van der Waals surface area contributed by atoms with Crippen molar-refractivity contribution in [1.82, 2.24) is 9.97 Å². The van der Waals surface area contributed by atoms with Crippen LogP contribution in [-0.2, 0) is 0 Å². The molecule has 3 N–H and O–H groups in total. The van der Waals surface area contributed by atoms with E-state index in [0.717, 1.165) is 11.3 Å². The van der Waals surface area contributed by atoms with Gasteiger partial charge in [-0.1, -0.05) is 29.3 Å². The van der Waals surface area contributed by atoms with Crippen molar-refractivity contribution in [2.24, 2.45) is 5.84 Å². The van der Waals surface area contributed by atoms with E-state index in [0.29, 0.717) is 16.0 Å². The maximum Gasteiger partial charge on any atom is 0.237 e. The molecule has 82 valence electrons. The predicted molar refractivity (Wildman–Crippen MR) is 65.3 cm³/mol. The van der Waals surface area contributed by atoms with Gasteiger partial charge in [-0.15, -0.1) is 0 Å². The summed E-state index contributed by atoms with van der Waals surface area (Å²) in [6.07, 6.45) is 1.61. The molecule has 16 heavy (non-hydrogen) atoms. The second-order valence-electron chi connectivity index (χ2n) is 3.04. The first-order valence-electron chi connectivity index (χ1n) is 4.46. The van der Waals surface area contributed by atoms with E-state index in [4.69, 9.17) is 29.0 Å². The Bertz CT molecular complexity index is 516. The molecule has 2 aromatic rings. The van der Waals surface area contributed by atoms with E-state index in [9.17, 15) is 0 Å². The van der Waals surface area contributed by atoms with Gasteiger partial charge < -0.3 is 0 Å². The van der Waals surface area contributed by atoms with Crippen LogP contribution < -0.4 is 11.3 Å². The Morgan fingerprint density at radius 1 is 1.12 bits per heavy atom. The molecular weight excluding hydrogens is 247 g/mol. The largest absolute Gasteiger partial charge is 0.292 e. The van der Waals surface area contributed by atoms with Gasteiger partial charge in [-0.25, -0.2) is 15.8 Å². The Morgan fingerprint density at radius 3 is 2.62 bits per heavy atom. The summed E-state index contributed by atoms with van der Waals surface area (Å²) in [4.78, 5) is 8.10. The van der Waals surface area contributed by atoms with Crippen LogP contribution in [-0.4, -0.2) is 9.97 Å². The van der Waals surface area contributed by atoms with Gasteiger partial charge in [0.05, 0.1) is 15.7 Å². The van der Waals surface area contributed by atoms with Gasteiger partial charge in [-0.3, -0.25) is 5.43 Å². The summed E-state index contributed by atoms with van der Waals surface area (Å²) in [6, 6.07) is 7.06. The molecule has 0 fully saturated rings. The van der Waals surface area contributed by atoms with Crippen LogP contribution >= 0.6 is 23.2 Å². The highest BCUT2D eigenvalue weighted by Gasteiger charge is 2.04. The molecule has 0 spiro atoms. The molecule has 0 unspecified atom stereocenters. The summed E-state index contributed by atoms with van der Waals surface area (Å²) in [5.74, 6) is 5.58. The van der Waals surface area contributed by atoms with Crippen LogP contribution in [0.3, 0.4) is 0 Å². The van der Waals surface area contributed by atoms with Crippen molar-refractivity contribution in [1.29, 1.82) is 0 Å². The van der Waals surface area contributed by atoms with Crippen molar-refractivity contribution >= 4 is 29.2 Å². The number of hydrogen-bond acceptors (Lipinski definition) is 4. The van der Waals surface area contributed by atoms with E-state index in [2.05, 4.69) is 15.4 Å². The minimum Gasteiger partial charge on any atom is -0.292 e. The van der Waals surface area contributed by atoms with E-state index in [1.54, 1.807) is 24.4 Å². The highest BCUT2D eigenvalue weighted by Crippen LogP contribution is 2.27. The molecule has 0 atom stereocenters. The van der Waals surface area contributed by atoms with Crippen LogP contribution in [0.4, 0.5) is 5.95 Å². The van der Waals surface area contributed by atoms with Crippen molar-refractivity contribution in [2.45, 2.75) is 0 Å². The fourth-order valence-corrected chi connectivity index (χ4v) is 1.54. The minimum atomic E-state index is 0.351. The normalized spacial score (nSPS) is 10.2. The SMILES string of the molecule is NNc1nccc(-c2ccc(Cl)c(Cl)c2)n1. The van der Waals surface area contributed by atoms with Crippen LogP contribution in [0.2, 0.25) is 10.0 Å². The molecule has 2 rings (SSSR count). The molecule has 0 saturated carbocycles. The summed E-state index contributed by atoms with van der Waals surface area (Å²) in [5, 5.41) is 0.997. The second-order valence-corrected chi connectivity index (χ2v) is 3.85. The fraction of sp³-hybridized carbons (Fsp3) is 0. The van der Waals surface area contributed by atoms with Gasteiger partial charge in [0.15, 0.2) is 0 Å². The highest BCUT2D eigenvalue weighted by molar-refractivity contribution is 6.42. The van der Waals surface area contributed by atoms with E-state index in [-0.39, 0.29) is 0 Å². The average Bonchev–Trinajstić information content (AvgIpc) is 2.33. The van der Waals surface area contributed by atoms with Gasteiger partial charge >= 0.3 is 0 Å². The van der Waals surface area contributed by atoms with Crippen molar-refractivity contribution < 1.29 is 0 Å². The van der Waals surface area contributed by atoms with E-state index >= 15 is 0 Å². The standard InChI is InChI=1S/C10H8Cl2N4/c11-7-2-1-6(5-8(7)12)9-3-4-14-10(15-9)16-13/h1-5H,13H2,(H,14,15,16). The summed E-state index contributed by atoms with van der Waals surface area (Å²) in [7, 11) is 0. The van der Waals surface area contributed by atoms with Gasteiger partial charge in [0.2, 0.25) is 5.95 Å². The maximum atomic E-state index is 5.92.